The first-order valence-electron chi connectivity index (χ1n) is 6.40. The van der Waals surface area contributed by atoms with Crippen LogP contribution in [0.2, 0.25) is 10.0 Å². The largest absolute Gasteiger partial charge is 0.496 e. The summed E-state index contributed by atoms with van der Waals surface area (Å²) in [7, 11) is 3.11. The molecule has 0 aliphatic carbocycles. The molecule has 0 amide bonds. The summed E-state index contributed by atoms with van der Waals surface area (Å²) in [4.78, 5) is 0. The van der Waals surface area contributed by atoms with Crippen LogP contribution in [0.5, 0.6) is 11.5 Å². The zero-order valence-corrected chi connectivity index (χ0v) is 13.3. The number of hydrogen-bond donors (Lipinski definition) is 1. The molecule has 0 aliphatic heterocycles. The van der Waals surface area contributed by atoms with Gasteiger partial charge in [0.25, 0.3) is 0 Å². The minimum Gasteiger partial charge on any atom is -0.496 e. The normalized spacial score (nSPS) is 12.0. The van der Waals surface area contributed by atoms with Crippen molar-refractivity contribution in [1.29, 1.82) is 0 Å². The Morgan fingerprint density at radius 3 is 2.14 bits per heavy atom. The van der Waals surface area contributed by atoms with E-state index in [0.717, 1.165) is 5.56 Å². The smallest absolute Gasteiger partial charge is 0.128 e. The number of aliphatic hydroxyl groups is 1. The average Bonchev–Trinajstić information content (AvgIpc) is 2.50. The highest BCUT2D eigenvalue weighted by Crippen LogP contribution is 2.37. The molecular weight excluding hydrogens is 311 g/mol. The van der Waals surface area contributed by atoms with Crippen LogP contribution in [0.1, 0.15) is 17.2 Å². The maximum Gasteiger partial charge on any atom is 0.128 e. The minimum absolute atomic E-state index is 0.316. The quantitative estimate of drug-likeness (QED) is 0.890. The lowest BCUT2D eigenvalue weighted by Crippen LogP contribution is -2.07. The molecule has 0 spiro atoms. The lowest BCUT2D eigenvalue weighted by Gasteiger charge is -2.18. The number of methoxy groups -OCH3 is 2. The van der Waals surface area contributed by atoms with Gasteiger partial charge in [0.15, 0.2) is 0 Å². The van der Waals surface area contributed by atoms with Crippen molar-refractivity contribution >= 4 is 23.2 Å². The molecule has 3 nitrogen and oxygen atoms in total. The third-order valence-electron chi connectivity index (χ3n) is 3.24. The summed E-state index contributed by atoms with van der Waals surface area (Å²) >= 11 is 12.2. The minimum atomic E-state index is -0.813. The second-order valence-electron chi connectivity index (χ2n) is 4.51. The summed E-state index contributed by atoms with van der Waals surface area (Å²) in [5.41, 5.74) is 1.36. The second kappa shape index (κ2) is 7.03. The lowest BCUT2D eigenvalue weighted by atomic mass is 9.99. The standard InChI is InChI=1S/C16H16Cl2O3/c1-20-13-7-4-8-14(21-2)15(13)12(19)9-10-5-3-6-11(17)16(10)18/h3-8,12,19H,9H2,1-2H3. The predicted octanol–water partition coefficient (Wildman–Crippen LogP) is 4.29. The van der Waals surface area contributed by atoms with Gasteiger partial charge in [0.1, 0.15) is 11.5 Å². The van der Waals surface area contributed by atoms with Crippen LogP contribution in [0.25, 0.3) is 0 Å². The molecule has 0 bridgehead atoms. The highest BCUT2D eigenvalue weighted by molar-refractivity contribution is 6.42. The fraction of sp³-hybridized carbons (Fsp3) is 0.250. The first-order valence-corrected chi connectivity index (χ1v) is 7.16. The number of hydrogen-bond acceptors (Lipinski definition) is 3. The third-order valence-corrected chi connectivity index (χ3v) is 4.10. The van der Waals surface area contributed by atoms with Crippen molar-refractivity contribution in [1.82, 2.24) is 0 Å². The maximum absolute atomic E-state index is 10.6. The first kappa shape index (κ1) is 16.0. The highest BCUT2D eigenvalue weighted by Gasteiger charge is 2.20. The van der Waals surface area contributed by atoms with Gasteiger partial charge in [-0.05, 0) is 23.8 Å². The van der Waals surface area contributed by atoms with Gasteiger partial charge in [-0.2, -0.15) is 0 Å². The van der Waals surface area contributed by atoms with Crippen molar-refractivity contribution in [3.8, 4) is 11.5 Å². The van der Waals surface area contributed by atoms with Gasteiger partial charge in [-0.25, -0.2) is 0 Å². The Kier molecular flexibility index (Phi) is 5.34. The van der Waals surface area contributed by atoms with Gasteiger partial charge in [0, 0.05) is 6.42 Å². The number of ether oxygens (including phenoxy) is 2. The van der Waals surface area contributed by atoms with E-state index in [1.54, 1.807) is 44.6 Å². The molecule has 0 aliphatic rings. The van der Waals surface area contributed by atoms with Crippen LogP contribution in [0.3, 0.4) is 0 Å². The Bertz CT molecular complexity index is 607. The third kappa shape index (κ3) is 3.43. The molecule has 21 heavy (non-hydrogen) atoms. The highest BCUT2D eigenvalue weighted by atomic mass is 35.5. The van der Waals surface area contributed by atoms with Crippen LogP contribution in [-0.2, 0) is 6.42 Å². The first-order chi connectivity index (χ1) is 10.1. The molecule has 0 fully saturated rings. The summed E-state index contributed by atoms with van der Waals surface area (Å²) in [5.74, 6) is 1.14. The molecular formula is C16H16Cl2O3. The van der Waals surface area contributed by atoms with E-state index < -0.39 is 6.10 Å². The molecule has 5 heteroatoms. The van der Waals surface area contributed by atoms with E-state index in [0.29, 0.717) is 33.5 Å². The van der Waals surface area contributed by atoms with Crippen LogP contribution in [-0.4, -0.2) is 19.3 Å². The molecule has 2 rings (SSSR count). The van der Waals surface area contributed by atoms with E-state index in [-0.39, 0.29) is 0 Å². The Balaban J connectivity index is 2.36. The molecule has 2 aromatic rings. The number of rotatable bonds is 5. The molecule has 2 aromatic carbocycles. The summed E-state index contributed by atoms with van der Waals surface area (Å²) in [6.07, 6.45) is -0.497. The SMILES string of the molecule is COc1cccc(OC)c1C(O)Cc1cccc(Cl)c1Cl. The Labute approximate surface area is 134 Å². The van der Waals surface area contributed by atoms with Gasteiger partial charge in [0.05, 0.1) is 35.9 Å². The molecule has 0 saturated heterocycles. The van der Waals surface area contributed by atoms with Crippen molar-refractivity contribution in [2.45, 2.75) is 12.5 Å². The molecule has 0 radical (unpaired) electrons. The molecule has 1 unspecified atom stereocenters. The van der Waals surface area contributed by atoms with Crippen molar-refractivity contribution in [3.63, 3.8) is 0 Å². The van der Waals surface area contributed by atoms with Crippen LogP contribution in [0.4, 0.5) is 0 Å². The van der Waals surface area contributed by atoms with E-state index >= 15 is 0 Å². The molecule has 1 atom stereocenters. The Morgan fingerprint density at radius 1 is 1.00 bits per heavy atom. The van der Waals surface area contributed by atoms with Crippen molar-refractivity contribution in [2.75, 3.05) is 14.2 Å². The van der Waals surface area contributed by atoms with Gasteiger partial charge in [0.2, 0.25) is 0 Å². The predicted molar refractivity (Wildman–Crippen MR) is 84.7 cm³/mol. The molecule has 1 N–H and O–H groups in total. The summed E-state index contributed by atoms with van der Waals surface area (Å²) in [5, 5.41) is 11.5. The summed E-state index contributed by atoms with van der Waals surface area (Å²) < 4.78 is 10.6. The van der Waals surface area contributed by atoms with Gasteiger partial charge in [-0.3, -0.25) is 0 Å². The zero-order valence-electron chi connectivity index (χ0n) is 11.8. The van der Waals surface area contributed by atoms with Gasteiger partial charge in [-0.15, -0.1) is 0 Å². The number of benzene rings is 2. The van der Waals surface area contributed by atoms with Crippen LogP contribution < -0.4 is 9.47 Å². The van der Waals surface area contributed by atoms with Crippen LogP contribution in [0.15, 0.2) is 36.4 Å². The van der Waals surface area contributed by atoms with Crippen LogP contribution >= 0.6 is 23.2 Å². The van der Waals surface area contributed by atoms with Gasteiger partial charge >= 0.3 is 0 Å². The van der Waals surface area contributed by atoms with Crippen LogP contribution in [0, 0.1) is 0 Å². The molecule has 112 valence electrons. The maximum atomic E-state index is 10.6. The second-order valence-corrected chi connectivity index (χ2v) is 5.29. The van der Waals surface area contributed by atoms with Gasteiger partial charge in [-0.1, -0.05) is 41.4 Å². The monoisotopic (exact) mass is 326 g/mol. The van der Waals surface area contributed by atoms with E-state index in [9.17, 15) is 5.11 Å². The average molecular weight is 327 g/mol. The van der Waals surface area contributed by atoms with E-state index in [1.807, 2.05) is 6.07 Å². The fourth-order valence-electron chi connectivity index (χ4n) is 2.22. The van der Waals surface area contributed by atoms with Crippen molar-refractivity contribution < 1.29 is 14.6 Å². The number of aliphatic hydroxyl groups excluding tert-OH is 1. The fourth-order valence-corrected chi connectivity index (χ4v) is 2.62. The van der Waals surface area contributed by atoms with E-state index in [2.05, 4.69) is 0 Å². The Morgan fingerprint density at radius 2 is 1.57 bits per heavy atom. The van der Waals surface area contributed by atoms with Crippen molar-refractivity contribution in [3.05, 3.63) is 57.6 Å². The zero-order chi connectivity index (χ0) is 15.4. The summed E-state index contributed by atoms with van der Waals surface area (Å²) in [6.45, 7) is 0. The Hall–Kier alpha value is -1.42. The van der Waals surface area contributed by atoms with Crippen molar-refractivity contribution in [2.24, 2.45) is 0 Å². The lowest BCUT2D eigenvalue weighted by molar-refractivity contribution is 0.169. The number of halogens is 2. The topological polar surface area (TPSA) is 38.7 Å². The summed E-state index contributed by atoms with van der Waals surface area (Å²) in [6, 6.07) is 10.7. The van der Waals surface area contributed by atoms with E-state index in [4.69, 9.17) is 32.7 Å². The molecule has 0 aromatic heterocycles. The molecule has 0 heterocycles. The molecule has 0 saturated carbocycles. The van der Waals surface area contributed by atoms with E-state index in [1.165, 1.54) is 0 Å². The van der Waals surface area contributed by atoms with Gasteiger partial charge < -0.3 is 14.6 Å².